The van der Waals surface area contributed by atoms with Crippen molar-refractivity contribution < 1.29 is 9.32 Å². The fourth-order valence-corrected chi connectivity index (χ4v) is 2.18. The molecule has 1 aromatic rings. The molecule has 2 atom stereocenters. The molecule has 0 aliphatic carbocycles. The Balaban J connectivity index is 1.89. The molecule has 1 saturated heterocycles. The number of carbonyl (C=O) groups is 1. The fraction of sp³-hybridized carbons (Fsp3) is 0.667. The number of carbonyl (C=O) groups excluding carboxylic acids is 1. The van der Waals surface area contributed by atoms with Gasteiger partial charge in [0.05, 0.1) is 0 Å². The van der Waals surface area contributed by atoms with Gasteiger partial charge >= 0.3 is 0 Å². The second kappa shape index (κ2) is 5.31. The van der Waals surface area contributed by atoms with Crippen LogP contribution in [0.3, 0.4) is 0 Å². The molecular formula is C12H19N3O2. The standard InChI is InChI=1S/C12H19N3O2/c1-8-6-11(15-17-8)12(16)14-9(2)10-4-3-5-13-7-10/h6,9-10,13H,3-5,7H2,1-2H3,(H,14,16). The van der Waals surface area contributed by atoms with Crippen molar-refractivity contribution in [3.63, 3.8) is 0 Å². The van der Waals surface area contributed by atoms with Gasteiger partial charge in [-0.15, -0.1) is 0 Å². The van der Waals surface area contributed by atoms with Gasteiger partial charge in [-0.2, -0.15) is 0 Å². The van der Waals surface area contributed by atoms with Gasteiger partial charge in [-0.25, -0.2) is 0 Å². The lowest BCUT2D eigenvalue weighted by Crippen LogP contribution is -2.44. The van der Waals surface area contributed by atoms with Crippen molar-refractivity contribution in [1.29, 1.82) is 0 Å². The molecule has 0 radical (unpaired) electrons. The van der Waals surface area contributed by atoms with Gasteiger partial charge in [0.25, 0.3) is 5.91 Å². The van der Waals surface area contributed by atoms with Crippen molar-refractivity contribution >= 4 is 5.91 Å². The van der Waals surface area contributed by atoms with E-state index in [-0.39, 0.29) is 11.9 Å². The van der Waals surface area contributed by atoms with Crippen LogP contribution in [0.5, 0.6) is 0 Å². The van der Waals surface area contributed by atoms with Gasteiger partial charge in [0.2, 0.25) is 0 Å². The van der Waals surface area contributed by atoms with E-state index in [1.54, 1.807) is 13.0 Å². The van der Waals surface area contributed by atoms with Gasteiger partial charge in [0.15, 0.2) is 5.69 Å². The van der Waals surface area contributed by atoms with E-state index in [1.165, 1.54) is 6.42 Å². The van der Waals surface area contributed by atoms with E-state index in [1.807, 2.05) is 6.92 Å². The predicted molar refractivity (Wildman–Crippen MR) is 63.8 cm³/mol. The number of aryl methyl sites for hydroxylation is 1. The van der Waals surface area contributed by atoms with Gasteiger partial charge in [0, 0.05) is 12.1 Å². The third-order valence-corrected chi connectivity index (χ3v) is 3.26. The van der Waals surface area contributed by atoms with Crippen LogP contribution >= 0.6 is 0 Å². The van der Waals surface area contributed by atoms with Gasteiger partial charge in [-0.3, -0.25) is 4.79 Å². The Hall–Kier alpha value is -1.36. The van der Waals surface area contributed by atoms with Crippen LogP contribution < -0.4 is 10.6 Å². The molecule has 0 bridgehead atoms. The Morgan fingerprint density at radius 2 is 2.53 bits per heavy atom. The monoisotopic (exact) mass is 237 g/mol. The van der Waals surface area contributed by atoms with Gasteiger partial charge in [0.1, 0.15) is 5.76 Å². The van der Waals surface area contributed by atoms with Crippen LogP contribution in [0.1, 0.15) is 36.0 Å². The first kappa shape index (κ1) is 12.1. The number of nitrogens with one attached hydrogen (secondary N) is 2. The highest BCUT2D eigenvalue weighted by atomic mass is 16.5. The number of hydrogen-bond donors (Lipinski definition) is 2. The SMILES string of the molecule is Cc1cc(C(=O)NC(C)C2CCCNC2)no1. The van der Waals surface area contributed by atoms with E-state index < -0.39 is 0 Å². The minimum atomic E-state index is -0.153. The van der Waals surface area contributed by atoms with Crippen LogP contribution in [-0.2, 0) is 0 Å². The molecule has 1 fully saturated rings. The van der Waals surface area contributed by atoms with E-state index in [0.29, 0.717) is 17.4 Å². The second-order valence-corrected chi connectivity index (χ2v) is 4.69. The summed E-state index contributed by atoms with van der Waals surface area (Å²) in [6.07, 6.45) is 2.33. The number of hydrogen-bond acceptors (Lipinski definition) is 4. The maximum atomic E-state index is 11.9. The summed E-state index contributed by atoms with van der Waals surface area (Å²) in [6, 6.07) is 1.81. The first-order chi connectivity index (χ1) is 8.16. The average Bonchev–Trinajstić information content (AvgIpc) is 2.77. The highest BCUT2D eigenvalue weighted by Crippen LogP contribution is 2.14. The number of aromatic nitrogens is 1. The van der Waals surface area contributed by atoms with E-state index >= 15 is 0 Å². The summed E-state index contributed by atoms with van der Waals surface area (Å²) in [5, 5.41) is 10.0. The van der Waals surface area contributed by atoms with Crippen molar-refractivity contribution in [3.8, 4) is 0 Å². The molecule has 94 valence electrons. The Bertz CT molecular complexity index is 383. The smallest absolute Gasteiger partial charge is 0.273 e. The molecule has 1 aliphatic rings. The molecule has 2 unspecified atom stereocenters. The van der Waals surface area contributed by atoms with E-state index in [0.717, 1.165) is 19.5 Å². The molecule has 5 heteroatoms. The minimum Gasteiger partial charge on any atom is -0.361 e. The molecule has 1 aromatic heterocycles. The summed E-state index contributed by atoms with van der Waals surface area (Å²) in [6.45, 7) is 5.87. The maximum Gasteiger partial charge on any atom is 0.273 e. The normalized spacial score (nSPS) is 22.1. The first-order valence-electron chi connectivity index (χ1n) is 6.11. The summed E-state index contributed by atoms with van der Waals surface area (Å²) in [5.74, 6) is 1.00. The summed E-state index contributed by atoms with van der Waals surface area (Å²) in [5.41, 5.74) is 0.359. The molecule has 0 spiro atoms. The van der Waals surface area contributed by atoms with Gasteiger partial charge in [-0.1, -0.05) is 5.16 Å². The molecule has 2 rings (SSSR count). The zero-order valence-corrected chi connectivity index (χ0v) is 10.3. The van der Waals surface area contributed by atoms with Crippen molar-refractivity contribution in [1.82, 2.24) is 15.8 Å². The van der Waals surface area contributed by atoms with Crippen molar-refractivity contribution in [2.24, 2.45) is 5.92 Å². The summed E-state index contributed by atoms with van der Waals surface area (Å²) in [4.78, 5) is 11.9. The third kappa shape index (κ3) is 3.06. The molecule has 17 heavy (non-hydrogen) atoms. The first-order valence-corrected chi connectivity index (χ1v) is 6.11. The van der Waals surface area contributed by atoms with E-state index in [9.17, 15) is 4.79 Å². The van der Waals surface area contributed by atoms with Crippen LogP contribution in [0.15, 0.2) is 10.6 Å². The Morgan fingerprint density at radius 3 is 3.12 bits per heavy atom. The van der Waals surface area contributed by atoms with Crippen molar-refractivity contribution in [2.45, 2.75) is 32.7 Å². The molecule has 1 amide bonds. The fourth-order valence-electron chi connectivity index (χ4n) is 2.18. The lowest BCUT2D eigenvalue weighted by atomic mass is 9.93. The van der Waals surface area contributed by atoms with E-state index in [4.69, 9.17) is 4.52 Å². The topological polar surface area (TPSA) is 67.2 Å². The second-order valence-electron chi connectivity index (χ2n) is 4.69. The lowest BCUT2D eigenvalue weighted by molar-refractivity contribution is 0.0912. The highest BCUT2D eigenvalue weighted by molar-refractivity contribution is 5.92. The van der Waals surface area contributed by atoms with Crippen LogP contribution in [0, 0.1) is 12.8 Å². The van der Waals surface area contributed by atoms with Crippen LogP contribution in [-0.4, -0.2) is 30.2 Å². The van der Waals surface area contributed by atoms with Crippen molar-refractivity contribution in [3.05, 3.63) is 17.5 Å². The minimum absolute atomic E-state index is 0.153. The number of piperidine rings is 1. The Kier molecular flexibility index (Phi) is 3.78. The number of nitrogens with zero attached hydrogens (tertiary/aromatic N) is 1. The van der Waals surface area contributed by atoms with E-state index in [2.05, 4.69) is 15.8 Å². The largest absolute Gasteiger partial charge is 0.361 e. The quantitative estimate of drug-likeness (QED) is 0.826. The molecule has 2 N–H and O–H groups in total. The Labute approximate surface area is 101 Å². The summed E-state index contributed by atoms with van der Waals surface area (Å²) >= 11 is 0. The molecule has 0 saturated carbocycles. The molecule has 5 nitrogen and oxygen atoms in total. The highest BCUT2D eigenvalue weighted by Gasteiger charge is 2.22. The molecule has 2 heterocycles. The third-order valence-electron chi connectivity index (χ3n) is 3.26. The molecule has 0 aromatic carbocycles. The van der Waals surface area contributed by atoms with Gasteiger partial charge < -0.3 is 15.2 Å². The zero-order chi connectivity index (χ0) is 12.3. The van der Waals surface area contributed by atoms with Gasteiger partial charge in [-0.05, 0) is 45.7 Å². The van der Waals surface area contributed by atoms with Crippen LogP contribution in [0.4, 0.5) is 0 Å². The molecule has 1 aliphatic heterocycles. The molecular weight excluding hydrogens is 218 g/mol. The average molecular weight is 237 g/mol. The maximum absolute atomic E-state index is 11.9. The van der Waals surface area contributed by atoms with Crippen LogP contribution in [0.2, 0.25) is 0 Å². The number of amides is 1. The summed E-state index contributed by atoms with van der Waals surface area (Å²) < 4.78 is 4.89. The number of rotatable bonds is 3. The van der Waals surface area contributed by atoms with Crippen LogP contribution in [0.25, 0.3) is 0 Å². The van der Waals surface area contributed by atoms with Crippen molar-refractivity contribution in [2.75, 3.05) is 13.1 Å². The zero-order valence-electron chi connectivity index (χ0n) is 10.3. The Morgan fingerprint density at radius 1 is 1.71 bits per heavy atom. The predicted octanol–water partition coefficient (Wildman–Crippen LogP) is 1.10. The lowest BCUT2D eigenvalue weighted by Gasteiger charge is -2.28. The summed E-state index contributed by atoms with van der Waals surface area (Å²) in [7, 11) is 0.